The summed E-state index contributed by atoms with van der Waals surface area (Å²) in [5.41, 5.74) is 1.78. The van der Waals surface area contributed by atoms with E-state index in [2.05, 4.69) is 4.90 Å². The molecule has 2 heterocycles. The Hall–Kier alpha value is -1.37. The number of benzene rings is 1. The van der Waals surface area contributed by atoms with E-state index in [0.717, 1.165) is 73.9 Å². The third kappa shape index (κ3) is 4.86. The number of rotatable bonds is 5. The van der Waals surface area contributed by atoms with Gasteiger partial charge in [0, 0.05) is 41.8 Å². The van der Waals surface area contributed by atoms with Gasteiger partial charge in [0.2, 0.25) is 0 Å². The Morgan fingerprint density at radius 3 is 2.90 bits per heavy atom. The molecule has 0 bridgehead atoms. The first kappa shape index (κ1) is 20.9. The van der Waals surface area contributed by atoms with E-state index in [1.165, 1.54) is 6.42 Å². The molecule has 1 unspecified atom stereocenters. The second-order valence-corrected chi connectivity index (χ2v) is 9.49. The lowest BCUT2D eigenvalue weighted by molar-refractivity contribution is -0.145. The summed E-state index contributed by atoms with van der Waals surface area (Å²) in [7, 11) is 0. The van der Waals surface area contributed by atoms with Crippen molar-refractivity contribution in [2.24, 2.45) is 11.8 Å². The minimum atomic E-state index is -0.328. The van der Waals surface area contributed by atoms with Crippen LogP contribution in [0.1, 0.15) is 54.4 Å². The van der Waals surface area contributed by atoms with Crippen LogP contribution in [0.25, 0.3) is 0 Å². The van der Waals surface area contributed by atoms with Crippen molar-refractivity contribution in [2.75, 3.05) is 45.2 Å². The highest BCUT2D eigenvalue weighted by Crippen LogP contribution is 2.42. The van der Waals surface area contributed by atoms with Gasteiger partial charge < -0.3 is 9.47 Å². The third-order valence-corrected chi connectivity index (χ3v) is 7.82. The van der Waals surface area contributed by atoms with Gasteiger partial charge in [0.05, 0.1) is 19.1 Å². The van der Waals surface area contributed by atoms with Crippen LogP contribution < -0.4 is 0 Å². The number of ketones is 1. The summed E-state index contributed by atoms with van der Waals surface area (Å²) in [6.07, 6.45) is 4.59. The van der Waals surface area contributed by atoms with Crippen LogP contribution in [-0.4, -0.2) is 61.9 Å². The minimum absolute atomic E-state index is 0.186. The molecule has 1 saturated heterocycles. The SMILES string of the molecule is CC(C(=O)OCCN1CCOCC1)c1ccc2c(c1)SC[C@H]1CCCC[C@@H]1C2=O. The van der Waals surface area contributed by atoms with E-state index in [1.54, 1.807) is 11.8 Å². The van der Waals surface area contributed by atoms with Crippen LogP contribution in [-0.2, 0) is 14.3 Å². The largest absolute Gasteiger partial charge is 0.464 e. The molecule has 0 radical (unpaired) electrons. The molecule has 6 heteroatoms. The zero-order valence-corrected chi connectivity index (χ0v) is 18.0. The summed E-state index contributed by atoms with van der Waals surface area (Å²) < 4.78 is 10.9. The highest BCUT2D eigenvalue weighted by Gasteiger charge is 2.35. The van der Waals surface area contributed by atoms with Crippen LogP contribution in [0.3, 0.4) is 0 Å². The van der Waals surface area contributed by atoms with Crippen LogP contribution in [0.4, 0.5) is 0 Å². The molecule has 5 nitrogen and oxygen atoms in total. The van der Waals surface area contributed by atoms with Crippen molar-refractivity contribution in [2.45, 2.75) is 43.4 Å². The molecule has 29 heavy (non-hydrogen) atoms. The van der Waals surface area contributed by atoms with Gasteiger partial charge in [0.25, 0.3) is 0 Å². The van der Waals surface area contributed by atoms with Gasteiger partial charge in [0.15, 0.2) is 5.78 Å². The van der Waals surface area contributed by atoms with Crippen LogP contribution >= 0.6 is 11.8 Å². The van der Waals surface area contributed by atoms with E-state index >= 15 is 0 Å². The molecule has 0 amide bonds. The van der Waals surface area contributed by atoms with Gasteiger partial charge in [-0.25, -0.2) is 0 Å². The number of fused-ring (bicyclic) bond motifs is 2. The van der Waals surface area contributed by atoms with Gasteiger partial charge in [0.1, 0.15) is 6.61 Å². The van der Waals surface area contributed by atoms with E-state index in [4.69, 9.17) is 9.47 Å². The lowest BCUT2D eigenvalue weighted by Crippen LogP contribution is -2.38. The minimum Gasteiger partial charge on any atom is -0.464 e. The van der Waals surface area contributed by atoms with Crippen molar-refractivity contribution in [3.05, 3.63) is 29.3 Å². The van der Waals surface area contributed by atoms with Crippen LogP contribution in [0.2, 0.25) is 0 Å². The van der Waals surface area contributed by atoms with E-state index in [9.17, 15) is 9.59 Å². The molecule has 1 aromatic rings. The van der Waals surface area contributed by atoms with Crippen molar-refractivity contribution < 1.29 is 19.1 Å². The molecule has 1 saturated carbocycles. The fourth-order valence-corrected chi connectivity index (χ4v) is 5.98. The van der Waals surface area contributed by atoms with Crippen LogP contribution in [0, 0.1) is 11.8 Å². The molecule has 2 aliphatic heterocycles. The topological polar surface area (TPSA) is 55.8 Å². The summed E-state index contributed by atoms with van der Waals surface area (Å²) >= 11 is 1.79. The van der Waals surface area contributed by atoms with Crippen LogP contribution in [0.15, 0.2) is 23.1 Å². The third-order valence-electron chi connectivity index (χ3n) is 6.58. The van der Waals surface area contributed by atoms with Crippen molar-refractivity contribution in [3.8, 4) is 0 Å². The average molecular weight is 418 g/mol. The molecule has 4 rings (SSSR count). The Kier molecular flexibility index (Phi) is 6.93. The molecule has 0 N–H and O–H groups in total. The lowest BCUT2D eigenvalue weighted by atomic mass is 9.76. The molecule has 1 aliphatic carbocycles. The van der Waals surface area contributed by atoms with Gasteiger partial charge in [-0.05, 0) is 43.4 Å². The number of Topliss-reactive ketones (excluding diaryl/α,β-unsaturated/α-hetero) is 1. The molecular formula is C23H31NO4S. The first-order chi connectivity index (χ1) is 14.1. The van der Waals surface area contributed by atoms with Gasteiger partial charge in [-0.1, -0.05) is 18.9 Å². The van der Waals surface area contributed by atoms with Gasteiger partial charge in [-0.15, -0.1) is 11.8 Å². The van der Waals surface area contributed by atoms with Gasteiger partial charge in [-0.2, -0.15) is 0 Å². The van der Waals surface area contributed by atoms with Crippen molar-refractivity contribution in [1.82, 2.24) is 4.90 Å². The summed E-state index contributed by atoms with van der Waals surface area (Å²) in [5, 5.41) is 0. The Balaban J connectivity index is 1.38. The van der Waals surface area contributed by atoms with E-state index in [0.29, 0.717) is 18.3 Å². The second kappa shape index (κ2) is 9.63. The Bertz CT molecular complexity index is 746. The number of hydrogen-bond donors (Lipinski definition) is 0. The molecule has 1 aromatic carbocycles. The number of hydrogen-bond acceptors (Lipinski definition) is 6. The monoisotopic (exact) mass is 417 g/mol. The number of esters is 1. The van der Waals surface area contributed by atoms with Gasteiger partial charge >= 0.3 is 5.97 Å². The fraction of sp³-hybridized carbons (Fsp3) is 0.652. The number of carbonyl (C=O) groups is 2. The summed E-state index contributed by atoms with van der Waals surface area (Å²) in [4.78, 5) is 28.9. The maximum atomic E-state index is 13.1. The zero-order chi connectivity index (χ0) is 20.2. The molecular weight excluding hydrogens is 386 g/mol. The lowest BCUT2D eigenvalue weighted by Gasteiger charge is -2.28. The zero-order valence-electron chi connectivity index (χ0n) is 17.2. The number of carbonyl (C=O) groups excluding carboxylic acids is 2. The molecule has 3 atom stereocenters. The normalized spacial score (nSPS) is 26.2. The Morgan fingerprint density at radius 1 is 1.28 bits per heavy atom. The second-order valence-electron chi connectivity index (χ2n) is 8.43. The van der Waals surface area contributed by atoms with Crippen molar-refractivity contribution in [3.63, 3.8) is 0 Å². The fourth-order valence-electron chi connectivity index (χ4n) is 4.64. The predicted octanol–water partition coefficient (Wildman–Crippen LogP) is 3.76. The first-order valence-corrected chi connectivity index (χ1v) is 11.9. The van der Waals surface area contributed by atoms with Crippen molar-refractivity contribution in [1.29, 1.82) is 0 Å². The average Bonchev–Trinajstić information content (AvgIpc) is 2.90. The van der Waals surface area contributed by atoms with Crippen LogP contribution in [0.5, 0.6) is 0 Å². The van der Waals surface area contributed by atoms with Crippen molar-refractivity contribution >= 4 is 23.5 Å². The maximum Gasteiger partial charge on any atom is 0.313 e. The quantitative estimate of drug-likeness (QED) is 0.680. The summed E-state index contributed by atoms with van der Waals surface area (Å²) in [6.45, 7) is 6.33. The molecule has 2 fully saturated rings. The van der Waals surface area contributed by atoms with E-state index < -0.39 is 0 Å². The predicted molar refractivity (Wildman–Crippen MR) is 114 cm³/mol. The molecule has 3 aliphatic rings. The highest BCUT2D eigenvalue weighted by atomic mass is 32.2. The summed E-state index contributed by atoms with van der Waals surface area (Å²) in [6, 6.07) is 5.92. The number of nitrogens with zero attached hydrogens (tertiary/aromatic N) is 1. The number of ether oxygens (including phenoxy) is 2. The number of thioether (sulfide) groups is 1. The highest BCUT2D eigenvalue weighted by molar-refractivity contribution is 7.99. The van der Waals surface area contributed by atoms with E-state index in [1.807, 2.05) is 25.1 Å². The molecule has 0 aromatic heterocycles. The smallest absolute Gasteiger partial charge is 0.313 e. The van der Waals surface area contributed by atoms with Gasteiger partial charge in [-0.3, -0.25) is 14.5 Å². The Labute approximate surface area is 177 Å². The standard InChI is InChI=1S/C23H31NO4S/c1-16(23(26)28-13-10-24-8-11-27-12-9-24)17-6-7-20-21(14-17)29-15-18-4-2-3-5-19(18)22(20)25/h6-7,14,16,18-19H,2-5,8-13,15H2,1H3/t16?,18-,19+/m1/s1. The maximum absolute atomic E-state index is 13.1. The summed E-state index contributed by atoms with van der Waals surface area (Å²) in [5.74, 6) is 1.47. The Morgan fingerprint density at radius 2 is 2.07 bits per heavy atom. The van der Waals surface area contributed by atoms with E-state index in [-0.39, 0.29) is 17.8 Å². The molecule has 158 valence electrons. The number of morpholine rings is 1. The molecule has 0 spiro atoms. The first-order valence-electron chi connectivity index (χ1n) is 10.9.